The van der Waals surface area contributed by atoms with Gasteiger partial charge in [0, 0.05) is 0 Å². The molecule has 0 aliphatic heterocycles. The molecule has 0 bridgehead atoms. The summed E-state index contributed by atoms with van der Waals surface area (Å²) in [5.41, 5.74) is 0.463. The molecule has 0 aliphatic carbocycles. The minimum absolute atomic E-state index is 0.463. The van der Waals surface area contributed by atoms with Crippen LogP contribution < -0.4 is 0 Å². The van der Waals surface area contributed by atoms with Gasteiger partial charge < -0.3 is 0 Å². The second kappa shape index (κ2) is 6.23. The Hall–Kier alpha value is -0.260. The second-order valence-corrected chi connectivity index (χ2v) is 4.30. The zero-order chi connectivity index (χ0) is 10.3. The van der Waals surface area contributed by atoms with E-state index in [1.165, 1.54) is 19.3 Å². The maximum atomic E-state index is 2.46. The van der Waals surface area contributed by atoms with Crippen molar-refractivity contribution >= 4 is 0 Å². The maximum Gasteiger partial charge on any atom is -0.00980 e. The fourth-order valence-electron chi connectivity index (χ4n) is 2.09. The molecule has 0 radical (unpaired) electrons. The number of rotatable bonds is 6. The van der Waals surface area contributed by atoms with Crippen LogP contribution in [0, 0.1) is 11.3 Å². The normalized spacial score (nSPS) is 16.8. The summed E-state index contributed by atoms with van der Waals surface area (Å²) in [7, 11) is 0. The van der Waals surface area contributed by atoms with Crippen LogP contribution in [0.3, 0.4) is 0 Å². The van der Waals surface area contributed by atoms with E-state index in [0.29, 0.717) is 5.41 Å². The molecule has 0 rings (SSSR count). The van der Waals surface area contributed by atoms with Gasteiger partial charge >= 0.3 is 0 Å². The molecule has 0 N–H and O–H groups in total. The molecule has 0 saturated carbocycles. The van der Waals surface area contributed by atoms with Crippen molar-refractivity contribution in [3.8, 4) is 0 Å². The molecule has 0 aliphatic rings. The van der Waals surface area contributed by atoms with Crippen molar-refractivity contribution in [2.45, 2.75) is 60.3 Å². The van der Waals surface area contributed by atoms with E-state index in [1.807, 2.05) is 0 Å². The predicted molar refractivity (Wildman–Crippen MR) is 61.9 cm³/mol. The lowest BCUT2D eigenvalue weighted by atomic mass is 9.71. The number of allylic oxidation sites excluding steroid dienone is 2. The SMILES string of the molecule is CCC=CC(CC)(CCC)C(C)C. The standard InChI is InChI=1S/C13H26/c1-6-9-11-13(8-3,10-7-2)12(4)5/h9,11-12H,6-8,10H2,1-5H3. The van der Waals surface area contributed by atoms with Gasteiger partial charge in [-0.2, -0.15) is 0 Å². The molecule has 1 unspecified atom stereocenters. The van der Waals surface area contributed by atoms with E-state index in [4.69, 9.17) is 0 Å². The predicted octanol–water partition coefficient (Wildman–Crippen LogP) is 4.81. The molecule has 78 valence electrons. The lowest BCUT2D eigenvalue weighted by molar-refractivity contribution is 0.231. The van der Waals surface area contributed by atoms with Gasteiger partial charge in [0.05, 0.1) is 0 Å². The summed E-state index contributed by atoms with van der Waals surface area (Å²) in [6.07, 6.45) is 9.85. The highest BCUT2D eigenvalue weighted by molar-refractivity contribution is 5.00. The highest BCUT2D eigenvalue weighted by Gasteiger charge is 2.27. The van der Waals surface area contributed by atoms with Gasteiger partial charge in [0.1, 0.15) is 0 Å². The van der Waals surface area contributed by atoms with Gasteiger partial charge in [-0.3, -0.25) is 0 Å². The van der Waals surface area contributed by atoms with Gasteiger partial charge in [-0.1, -0.05) is 53.2 Å². The summed E-state index contributed by atoms with van der Waals surface area (Å²) in [5, 5.41) is 0. The molecule has 0 spiro atoms. The molecule has 0 amide bonds. The third kappa shape index (κ3) is 3.54. The minimum atomic E-state index is 0.463. The second-order valence-electron chi connectivity index (χ2n) is 4.30. The van der Waals surface area contributed by atoms with Crippen LogP contribution in [0.4, 0.5) is 0 Å². The summed E-state index contributed by atoms with van der Waals surface area (Å²) in [6.45, 7) is 11.5. The van der Waals surface area contributed by atoms with Crippen LogP contribution in [0.15, 0.2) is 12.2 Å². The Morgan fingerprint density at radius 3 is 2.08 bits per heavy atom. The Morgan fingerprint density at radius 1 is 1.15 bits per heavy atom. The van der Waals surface area contributed by atoms with E-state index in [-0.39, 0.29) is 0 Å². The number of hydrogen-bond acceptors (Lipinski definition) is 0. The molecular weight excluding hydrogens is 156 g/mol. The Bertz CT molecular complexity index is 144. The highest BCUT2D eigenvalue weighted by atomic mass is 14.3. The summed E-state index contributed by atoms with van der Waals surface area (Å²) in [5.74, 6) is 0.764. The largest absolute Gasteiger partial charge is 0.0882 e. The average molecular weight is 182 g/mol. The summed E-state index contributed by atoms with van der Waals surface area (Å²) >= 11 is 0. The molecule has 0 aromatic carbocycles. The van der Waals surface area contributed by atoms with E-state index < -0.39 is 0 Å². The van der Waals surface area contributed by atoms with Crippen molar-refractivity contribution in [2.75, 3.05) is 0 Å². The van der Waals surface area contributed by atoms with Crippen molar-refractivity contribution in [1.82, 2.24) is 0 Å². The van der Waals surface area contributed by atoms with Gasteiger partial charge in [0.15, 0.2) is 0 Å². The van der Waals surface area contributed by atoms with Crippen molar-refractivity contribution in [3.63, 3.8) is 0 Å². The lowest BCUT2D eigenvalue weighted by Crippen LogP contribution is -2.23. The van der Waals surface area contributed by atoms with Crippen molar-refractivity contribution < 1.29 is 0 Å². The molecule has 13 heavy (non-hydrogen) atoms. The molecule has 1 atom stereocenters. The van der Waals surface area contributed by atoms with Crippen LogP contribution in [-0.4, -0.2) is 0 Å². The monoisotopic (exact) mass is 182 g/mol. The first-order valence-corrected chi connectivity index (χ1v) is 5.80. The maximum absolute atomic E-state index is 2.46. The Morgan fingerprint density at radius 2 is 1.77 bits per heavy atom. The quantitative estimate of drug-likeness (QED) is 0.517. The van der Waals surface area contributed by atoms with Crippen molar-refractivity contribution in [1.29, 1.82) is 0 Å². The molecule has 0 fully saturated rings. The molecular formula is C13H26. The topological polar surface area (TPSA) is 0 Å². The Kier molecular flexibility index (Phi) is 6.11. The third-order valence-electron chi connectivity index (χ3n) is 3.21. The van der Waals surface area contributed by atoms with E-state index in [9.17, 15) is 0 Å². The molecule has 0 saturated heterocycles. The van der Waals surface area contributed by atoms with Gasteiger partial charge in [-0.25, -0.2) is 0 Å². The van der Waals surface area contributed by atoms with Crippen molar-refractivity contribution in [3.05, 3.63) is 12.2 Å². The first-order valence-electron chi connectivity index (χ1n) is 5.80. The number of hydrogen-bond donors (Lipinski definition) is 0. The zero-order valence-corrected chi connectivity index (χ0v) is 10.1. The Balaban J connectivity index is 4.54. The van der Waals surface area contributed by atoms with E-state index in [1.54, 1.807) is 0 Å². The van der Waals surface area contributed by atoms with Gasteiger partial charge in [-0.05, 0) is 30.6 Å². The van der Waals surface area contributed by atoms with Crippen LogP contribution in [0.2, 0.25) is 0 Å². The van der Waals surface area contributed by atoms with E-state index in [2.05, 4.69) is 46.8 Å². The minimum Gasteiger partial charge on any atom is -0.0882 e. The van der Waals surface area contributed by atoms with Crippen LogP contribution >= 0.6 is 0 Å². The fourth-order valence-corrected chi connectivity index (χ4v) is 2.09. The molecule has 0 heterocycles. The van der Waals surface area contributed by atoms with Gasteiger partial charge in [0.25, 0.3) is 0 Å². The van der Waals surface area contributed by atoms with Gasteiger partial charge in [0.2, 0.25) is 0 Å². The smallest absolute Gasteiger partial charge is 0.00980 e. The third-order valence-corrected chi connectivity index (χ3v) is 3.21. The summed E-state index contributed by atoms with van der Waals surface area (Å²) in [6, 6.07) is 0. The van der Waals surface area contributed by atoms with E-state index >= 15 is 0 Å². The highest BCUT2D eigenvalue weighted by Crippen LogP contribution is 2.37. The average Bonchev–Trinajstić information content (AvgIpc) is 2.12. The fraction of sp³-hybridized carbons (Fsp3) is 0.846. The summed E-state index contributed by atoms with van der Waals surface area (Å²) < 4.78 is 0. The van der Waals surface area contributed by atoms with Crippen LogP contribution in [0.5, 0.6) is 0 Å². The summed E-state index contributed by atoms with van der Waals surface area (Å²) in [4.78, 5) is 0. The Labute approximate surface area is 84.4 Å². The molecule has 0 aromatic heterocycles. The van der Waals surface area contributed by atoms with Crippen LogP contribution in [0.25, 0.3) is 0 Å². The van der Waals surface area contributed by atoms with Crippen LogP contribution in [0.1, 0.15) is 60.3 Å². The molecule has 0 aromatic rings. The molecule has 0 heteroatoms. The van der Waals surface area contributed by atoms with E-state index in [0.717, 1.165) is 12.3 Å². The lowest BCUT2D eigenvalue weighted by Gasteiger charge is -2.34. The van der Waals surface area contributed by atoms with Crippen LogP contribution in [-0.2, 0) is 0 Å². The zero-order valence-electron chi connectivity index (χ0n) is 10.1. The first-order chi connectivity index (χ1) is 6.13. The first kappa shape index (κ1) is 12.7. The molecule has 0 nitrogen and oxygen atoms in total. The van der Waals surface area contributed by atoms with Crippen molar-refractivity contribution in [2.24, 2.45) is 11.3 Å². The van der Waals surface area contributed by atoms with Gasteiger partial charge in [-0.15, -0.1) is 0 Å².